The number of nitrogens with zero attached hydrogens (tertiary/aromatic N) is 1. The Morgan fingerprint density at radius 3 is 2.33 bits per heavy atom. The third-order valence-corrected chi connectivity index (χ3v) is 5.74. The molecule has 0 aliphatic carbocycles. The van der Waals surface area contributed by atoms with Crippen molar-refractivity contribution < 1.29 is 8.42 Å². The Morgan fingerprint density at radius 1 is 0.944 bits per heavy atom. The number of fused-ring (bicyclic) bond motifs is 1. The van der Waals surface area contributed by atoms with E-state index in [1.807, 2.05) is 6.07 Å². The van der Waals surface area contributed by atoms with E-state index in [0.29, 0.717) is 16.2 Å². The van der Waals surface area contributed by atoms with Crippen molar-refractivity contribution in [1.82, 2.24) is 4.90 Å². The summed E-state index contributed by atoms with van der Waals surface area (Å²) in [5.74, 6) is 0. The van der Waals surface area contributed by atoms with Gasteiger partial charge in [0.1, 0.15) is 0 Å². The van der Waals surface area contributed by atoms with Crippen LogP contribution in [0.4, 0.5) is 0 Å². The fourth-order valence-corrected chi connectivity index (χ4v) is 4.65. The first-order valence-corrected chi connectivity index (χ1v) is 7.95. The molecule has 2 heterocycles. The Kier molecular flexibility index (Phi) is 2.90. The highest BCUT2D eigenvalue weighted by Crippen LogP contribution is 2.36. The lowest BCUT2D eigenvalue weighted by Crippen LogP contribution is -2.26. The zero-order valence-corrected chi connectivity index (χ0v) is 11.1. The van der Waals surface area contributed by atoms with E-state index in [0.717, 1.165) is 38.0 Å². The minimum Gasteiger partial charge on any atom is -0.374 e. The predicted octanol–water partition coefficient (Wildman–Crippen LogP) is 2.56. The molecule has 2 aliphatic rings. The summed E-state index contributed by atoms with van der Waals surface area (Å²) in [5.41, 5.74) is 1.07. The molecule has 3 nitrogen and oxygen atoms in total. The predicted molar refractivity (Wildman–Crippen MR) is 70.7 cm³/mol. The molecule has 1 fully saturated rings. The van der Waals surface area contributed by atoms with Gasteiger partial charge in [0.25, 0.3) is 0 Å². The Hall–Kier alpha value is -1.29. The number of rotatable bonds is 2. The zero-order chi connectivity index (χ0) is 12.6. The third kappa shape index (κ3) is 1.85. The summed E-state index contributed by atoms with van der Waals surface area (Å²) in [5, 5.41) is 0. The van der Waals surface area contributed by atoms with Gasteiger partial charge >= 0.3 is 0 Å². The molecule has 0 aromatic heterocycles. The van der Waals surface area contributed by atoms with Gasteiger partial charge in [-0.3, -0.25) is 0 Å². The quantitative estimate of drug-likeness (QED) is 0.823. The van der Waals surface area contributed by atoms with E-state index < -0.39 is 9.84 Å². The van der Waals surface area contributed by atoms with Gasteiger partial charge in [0, 0.05) is 18.8 Å². The summed E-state index contributed by atoms with van der Waals surface area (Å²) in [4.78, 5) is 3.35. The van der Waals surface area contributed by atoms with E-state index in [9.17, 15) is 8.42 Å². The second-order valence-corrected chi connectivity index (χ2v) is 6.85. The second-order valence-electron chi connectivity index (χ2n) is 4.88. The average Bonchev–Trinajstić information content (AvgIpc) is 2.87. The molecule has 1 aromatic carbocycles. The molecule has 0 saturated carbocycles. The highest BCUT2D eigenvalue weighted by atomic mass is 32.2. The van der Waals surface area contributed by atoms with E-state index in [-0.39, 0.29) is 0 Å². The first-order chi connectivity index (χ1) is 8.69. The highest BCUT2D eigenvalue weighted by Gasteiger charge is 2.31. The van der Waals surface area contributed by atoms with Crippen molar-refractivity contribution in [3.05, 3.63) is 40.9 Å². The summed E-state index contributed by atoms with van der Waals surface area (Å²) in [6.07, 6.45) is 3.65. The normalized spacial score (nSPS) is 20.1. The van der Waals surface area contributed by atoms with Crippen LogP contribution in [0.1, 0.15) is 25.7 Å². The van der Waals surface area contributed by atoms with Crippen molar-refractivity contribution >= 4 is 9.84 Å². The van der Waals surface area contributed by atoms with E-state index in [4.69, 9.17) is 0 Å². The van der Waals surface area contributed by atoms with Crippen molar-refractivity contribution in [3.8, 4) is 0 Å². The molecule has 0 bridgehead atoms. The van der Waals surface area contributed by atoms with Gasteiger partial charge < -0.3 is 4.90 Å². The number of hydrogen-bond donors (Lipinski definition) is 0. The number of benzene rings is 1. The lowest BCUT2D eigenvalue weighted by atomic mass is 10.1. The highest BCUT2D eigenvalue weighted by molar-refractivity contribution is 7.95. The number of sulfone groups is 1. The summed E-state index contributed by atoms with van der Waals surface area (Å²) < 4.78 is 25.3. The number of allylic oxidation sites excluding steroid dienone is 2. The van der Waals surface area contributed by atoms with Crippen LogP contribution in [0.5, 0.6) is 0 Å². The van der Waals surface area contributed by atoms with Gasteiger partial charge in [-0.1, -0.05) is 18.2 Å². The Morgan fingerprint density at radius 2 is 1.61 bits per heavy atom. The van der Waals surface area contributed by atoms with Gasteiger partial charge in [0.2, 0.25) is 9.84 Å². The molecule has 4 heteroatoms. The fourth-order valence-electron chi connectivity index (χ4n) is 2.90. The molecular formula is C14H17NO2S. The standard InChI is InChI=1S/C14H17NO2S/c16-18(17,12-6-2-1-3-7-12)14-9-5-11-15-10-4-8-13(14)15/h1-3,6-7H,4-5,8-11H2. The molecule has 0 unspecified atom stereocenters. The first-order valence-electron chi connectivity index (χ1n) is 6.47. The second kappa shape index (κ2) is 4.43. The average molecular weight is 263 g/mol. The van der Waals surface area contributed by atoms with E-state index in [1.54, 1.807) is 24.3 Å². The van der Waals surface area contributed by atoms with Crippen LogP contribution in [0, 0.1) is 0 Å². The van der Waals surface area contributed by atoms with E-state index >= 15 is 0 Å². The van der Waals surface area contributed by atoms with Crippen molar-refractivity contribution in [2.75, 3.05) is 13.1 Å². The Balaban J connectivity index is 2.09. The van der Waals surface area contributed by atoms with Gasteiger partial charge in [-0.05, 0) is 37.8 Å². The first kappa shape index (κ1) is 11.8. The zero-order valence-electron chi connectivity index (χ0n) is 10.3. The maximum atomic E-state index is 12.6. The summed E-state index contributed by atoms with van der Waals surface area (Å²) >= 11 is 0. The molecule has 0 spiro atoms. The largest absolute Gasteiger partial charge is 0.374 e. The van der Waals surface area contributed by atoms with Crippen molar-refractivity contribution in [3.63, 3.8) is 0 Å². The summed E-state index contributed by atoms with van der Waals surface area (Å²) in [7, 11) is -3.28. The Labute approximate surface area is 108 Å². The summed E-state index contributed by atoms with van der Waals surface area (Å²) in [6, 6.07) is 8.80. The van der Waals surface area contributed by atoms with Crippen LogP contribution in [-0.4, -0.2) is 26.4 Å². The molecule has 1 saturated heterocycles. The van der Waals surface area contributed by atoms with Crippen LogP contribution in [0.3, 0.4) is 0 Å². The minimum absolute atomic E-state index is 0.432. The molecule has 1 aromatic rings. The maximum absolute atomic E-state index is 12.6. The van der Waals surface area contributed by atoms with Crippen LogP contribution in [0.2, 0.25) is 0 Å². The van der Waals surface area contributed by atoms with Gasteiger partial charge in [-0.2, -0.15) is 0 Å². The van der Waals surface area contributed by atoms with Gasteiger partial charge in [-0.25, -0.2) is 8.42 Å². The molecule has 96 valence electrons. The Bertz CT molecular complexity index is 575. The monoisotopic (exact) mass is 263 g/mol. The van der Waals surface area contributed by atoms with E-state index in [1.165, 1.54) is 0 Å². The molecule has 0 atom stereocenters. The fraction of sp³-hybridized carbons (Fsp3) is 0.429. The number of hydrogen-bond acceptors (Lipinski definition) is 3. The molecule has 2 aliphatic heterocycles. The third-order valence-electron chi connectivity index (χ3n) is 3.75. The van der Waals surface area contributed by atoms with Crippen molar-refractivity contribution in [2.24, 2.45) is 0 Å². The van der Waals surface area contributed by atoms with Crippen LogP contribution in [-0.2, 0) is 9.84 Å². The van der Waals surface area contributed by atoms with Gasteiger partial charge in [-0.15, -0.1) is 0 Å². The maximum Gasteiger partial charge on any atom is 0.204 e. The summed E-state index contributed by atoms with van der Waals surface area (Å²) in [6.45, 7) is 2.03. The topological polar surface area (TPSA) is 37.4 Å². The molecule has 18 heavy (non-hydrogen) atoms. The van der Waals surface area contributed by atoms with Crippen molar-refractivity contribution in [1.29, 1.82) is 0 Å². The van der Waals surface area contributed by atoms with Gasteiger partial charge in [0.05, 0.1) is 9.80 Å². The lowest BCUT2D eigenvalue weighted by molar-refractivity contribution is 0.364. The van der Waals surface area contributed by atoms with Crippen LogP contribution < -0.4 is 0 Å². The minimum atomic E-state index is -3.28. The smallest absolute Gasteiger partial charge is 0.204 e. The molecule has 0 amide bonds. The van der Waals surface area contributed by atoms with Crippen LogP contribution >= 0.6 is 0 Å². The SMILES string of the molecule is O=S(=O)(C1=C2CCCN2CCC1)c1ccccc1. The lowest BCUT2D eigenvalue weighted by Gasteiger charge is -2.28. The van der Waals surface area contributed by atoms with E-state index in [2.05, 4.69) is 4.90 Å². The van der Waals surface area contributed by atoms with Crippen molar-refractivity contribution in [2.45, 2.75) is 30.6 Å². The molecular weight excluding hydrogens is 246 g/mol. The van der Waals surface area contributed by atoms with Crippen LogP contribution in [0.25, 0.3) is 0 Å². The molecule has 0 radical (unpaired) electrons. The molecule has 3 rings (SSSR count). The van der Waals surface area contributed by atoms with Crippen LogP contribution in [0.15, 0.2) is 45.8 Å². The molecule has 0 N–H and O–H groups in total. The van der Waals surface area contributed by atoms with Gasteiger partial charge in [0.15, 0.2) is 0 Å².